The lowest BCUT2D eigenvalue weighted by atomic mass is 9.95. The summed E-state index contributed by atoms with van der Waals surface area (Å²) in [4.78, 5) is 0. The van der Waals surface area contributed by atoms with Gasteiger partial charge in [-0.2, -0.15) is 0 Å². The zero-order valence-electron chi connectivity index (χ0n) is 21.0. The van der Waals surface area contributed by atoms with E-state index in [0.717, 1.165) is 0 Å². The summed E-state index contributed by atoms with van der Waals surface area (Å²) in [6.07, 6.45) is 35.0. The minimum Gasteiger partial charge on any atom is -0.411 e. The Morgan fingerprint density at radius 3 is 1.00 bits per heavy atom. The predicted molar refractivity (Wildman–Crippen MR) is 136 cm³/mol. The van der Waals surface area contributed by atoms with Gasteiger partial charge < -0.3 is 5.21 Å². The highest BCUT2D eigenvalue weighted by Gasteiger charge is 2.06. The Morgan fingerprint density at radius 2 is 0.733 bits per heavy atom. The monoisotopic (exact) mass is 423 g/mol. The summed E-state index contributed by atoms with van der Waals surface area (Å²) in [5, 5.41) is 12.3. The molecule has 0 aromatic heterocycles. The van der Waals surface area contributed by atoms with E-state index in [1.54, 1.807) is 6.21 Å². The van der Waals surface area contributed by atoms with Crippen LogP contribution in [0.2, 0.25) is 0 Å². The number of hydrogen-bond acceptors (Lipinski definition) is 2. The molecule has 0 radical (unpaired) electrons. The molecule has 1 atom stereocenters. The van der Waals surface area contributed by atoms with Gasteiger partial charge in [-0.15, -0.1) is 5.16 Å². The Hall–Kier alpha value is -0.530. The van der Waals surface area contributed by atoms with Crippen molar-refractivity contribution >= 4 is 6.21 Å². The molecule has 0 saturated heterocycles. The zero-order chi connectivity index (χ0) is 22.0. The zero-order valence-corrected chi connectivity index (χ0v) is 21.0. The predicted octanol–water partition coefficient (Wildman–Crippen LogP) is 10.5. The quantitative estimate of drug-likeness (QED) is 0.0673. The molecule has 2 nitrogen and oxygen atoms in total. The van der Waals surface area contributed by atoms with E-state index >= 15 is 0 Å². The third-order valence-corrected chi connectivity index (χ3v) is 6.63. The van der Waals surface area contributed by atoms with Crippen molar-refractivity contribution in [1.82, 2.24) is 0 Å². The van der Waals surface area contributed by atoms with E-state index in [1.165, 1.54) is 154 Å². The fourth-order valence-electron chi connectivity index (χ4n) is 4.53. The third-order valence-electron chi connectivity index (χ3n) is 6.63. The molecule has 0 aliphatic heterocycles. The first-order chi connectivity index (χ1) is 14.8. The van der Waals surface area contributed by atoms with Gasteiger partial charge in [-0.05, 0) is 18.8 Å². The van der Waals surface area contributed by atoms with Gasteiger partial charge in [-0.3, -0.25) is 0 Å². The van der Waals surface area contributed by atoms with Crippen LogP contribution in [0.25, 0.3) is 0 Å². The Balaban J connectivity index is 3.39. The molecule has 0 aliphatic carbocycles. The van der Waals surface area contributed by atoms with Crippen LogP contribution in [-0.2, 0) is 0 Å². The number of rotatable bonds is 25. The molecule has 0 spiro atoms. The molecule has 0 rings (SSSR count). The largest absolute Gasteiger partial charge is 0.411 e. The molecule has 0 bridgehead atoms. The van der Waals surface area contributed by atoms with Crippen LogP contribution in [0.4, 0.5) is 0 Å². The molecule has 0 aliphatic rings. The lowest BCUT2D eigenvalue weighted by Crippen LogP contribution is -2.02. The maximum absolute atomic E-state index is 8.94. The second-order valence-corrected chi connectivity index (χ2v) is 9.67. The summed E-state index contributed by atoms with van der Waals surface area (Å²) in [7, 11) is 0. The van der Waals surface area contributed by atoms with Crippen LogP contribution in [0.3, 0.4) is 0 Å². The van der Waals surface area contributed by atoms with Crippen LogP contribution >= 0.6 is 0 Å². The minimum atomic E-state index is 0.493. The molecule has 0 aromatic rings. The normalized spacial score (nSPS) is 12.7. The van der Waals surface area contributed by atoms with Crippen LogP contribution < -0.4 is 0 Å². The van der Waals surface area contributed by atoms with Gasteiger partial charge in [0.05, 0.1) is 0 Å². The van der Waals surface area contributed by atoms with Gasteiger partial charge in [0, 0.05) is 6.21 Å². The molecule has 30 heavy (non-hydrogen) atoms. The smallest absolute Gasteiger partial charge is 0.0466 e. The maximum Gasteiger partial charge on any atom is 0.0466 e. The highest BCUT2D eigenvalue weighted by Crippen LogP contribution is 2.19. The van der Waals surface area contributed by atoms with Crippen LogP contribution in [0.5, 0.6) is 0 Å². The van der Waals surface area contributed by atoms with E-state index in [2.05, 4.69) is 19.0 Å². The average molecular weight is 424 g/mol. The van der Waals surface area contributed by atoms with Crippen molar-refractivity contribution in [2.75, 3.05) is 0 Å². The topological polar surface area (TPSA) is 32.6 Å². The first-order valence-corrected chi connectivity index (χ1v) is 14.0. The van der Waals surface area contributed by atoms with Crippen LogP contribution in [0.15, 0.2) is 5.16 Å². The highest BCUT2D eigenvalue weighted by molar-refractivity contribution is 5.59. The fourth-order valence-corrected chi connectivity index (χ4v) is 4.53. The summed E-state index contributed by atoms with van der Waals surface area (Å²) in [5.41, 5.74) is 0. The number of oxime groups is 1. The van der Waals surface area contributed by atoms with E-state index in [9.17, 15) is 0 Å². The SMILES string of the molecule is CCCCCCCCCCCCCCCCC(C=NO)CCCCCCCCCC. The summed E-state index contributed by atoms with van der Waals surface area (Å²) in [5.74, 6) is 0.493. The van der Waals surface area contributed by atoms with Gasteiger partial charge >= 0.3 is 0 Å². The molecule has 1 unspecified atom stereocenters. The van der Waals surface area contributed by atoms with Crippen LogP contribution in [0.1, 0.15) is 168 Å². The molecule has 0 heterocycles. The van der Waals surface area contributed by atoms with E-state index in [0.29, 0.717) is 5.92 Å². The average Bonchev–Trinajstić information content (AvgIpc) is 2.75. The molecular weight excluding hydrogens is 366 g/mol. The van der Waals surface area contributed by atoms with Crippen molar-refractivity contribution in [1.29, 1.82) is 0 Å². The summed E-state index contributed by atoms with van der Waals surface area (Å²) in [6.45, 7) is 4.57. The van der Waals surface area contributed by atoms with Crippen molar-refractivity contribution in [3.8, 4) is 0 Å². The second kappa shape index (κ2) is 26.5. The fraction of sp³-hybridized carbons (Fsp3) is 0.964. The number of nitrogens with zero attached hydrogens (tertiary/aromatic N) is 1. The van der Waals surface area contributed by atoms with Gasteiger partial charge in [-0.1, -0.05) is 155 Å². The second-order valence-electron chi connectivity index (χ2n) is 9.67. The molecule has 0 amide bonds. The molecule has 180 valence electrons. The van der Waals surface area contributed by atoms with Crippen molar-refractivity contribution in [2.24, 2.45) is 11.1 Å². The van der Waals surface area contributed by atoms with Gasteiger partial charge in [0.15, 0.2) is 0 Å². The Bertz CT molecular complexity index is 329. The molecule has 0 fully saturated rings. The van der Waals surface area contributed by atoms with Crippen molar-refractivity contribution in [3.63, 3.8) is 0 Å². The van der Waals surface area contributed by atoms with E-state index in [4.69, 9.17) is 5.21 Å². The van der Waals surface area contributed by atoms with E-state index in [-0.39, 0.29) is 0 Å². The van der Waals surface area contributed by atoms with Gasteiger partial charge in [0.2, 0.25) is 0 Å². The number of unbranched alkanes of at least 4 members (excludes halogenated alkanes) is 20. The summed E-state index contributed by atoms with van der Waals surface area (Å²) in [6, 6.07) is 0. The Morgan fingerprint density at radius 1 is 0.467 bits per heavy atom. The van der Waals surface area contributed by atoms with E-state index < -0.39 is 0 Å². The van der Waals surface area contributed by atoms with Gasteiger partial charge in [0.1, 0.15) is 0 Å². The molecule has 2 heteroatoms. The lowest BCUT2D eigenvalue weighted by molar-refractivity contribution is 0.316. The van der Waals surface area contributed by atoms with Crippen molar-refractivity contribution in [3.05, 3.63) is 0 Å². The first kappa shape index (κ1) is 29.5. The van der Waals surface area contributed by atoms with Crippen LogP contribution in [-0.4, -0.2) is 11.4 Å². The molecular formula is C28H57NO. The molecule has 1 N–H and O–H groups in total. The van der Waals surface area contributed by atoms with Crippen LogP contribution in [0, 0.1) is 5.92 Å². The summed E-state index contributed by atoms with van der Waals surface area (Å²) >= 11 is 0. The number of hydrogen-bond donors (Lipinski definition) is 1. The van der Waals surface area contributed by atoms with Gasteiger partial charge in [-0.25, -0.2) is 0 Å². The highest BCUT2D eigenvalue weighted by atomic mass is 16.4. The maximum atomic E-state index is 8.94. The van der Waals surface area contributed by atoms with Crippen molar-refractivity contribution < 1.29 is 5.21 Å². The first-order valence-electron chi connectivity index (χ1n) is 14.0. The lowest BCUT2D eigenvalue weighted by Gasteiger charge is -2.11. The third kappa shape index (κ3) is 23.7. The van der Waals surface area contributed by atoms with E-state index in [1.807, 2.05) is 0 Å². The standard InChI is InChI=1S/C28H57NO/c1-3-5-7-9-11-13-14-15-16-17-18-20-22-24-26-28(27-29-30)25-23-21-19-12-10-8-6-4-2/h27-28,30H,3-26H2,1-2H3. The minimum absolute atomic E-state index is 0.493. The van der Waals surface area contributed by atoms with Gasteiger partial charge in [0.25, 0.3) is 0 Å². The van der Waals surface area contributed by atoms with Crippen molar-refractivity contribution in [2.45, 2.75) is 168 Å². The Labute approximate surface area is 190 Å². The summed E-state index contributed by atoms with van der Waals surface area (Å²) < 4.78 is 0. The molecule has 0 aromatic carbocycles. The Kier molecular flexibility index (Phi) is 26.0. The molecule has 0 saturated carbocycles.